The maximum atomic E-state index is 13.1. The van der Waals surface area contributed by atoms with E-state index in [4.69, 9.17) is 28.6 Å². The molecule has 2 aromatic carbocycles. The molecule has 146 valence electrons. The van der Waals surface area contributed by atoms with Crippen LogP contribution in [0.15, 0.2) is 48.5 Å². The third-order valence-electron chi connectivity index (χ3n) is 4.57. The first-order chi connectivity index (χ1) is 13.4. The van der Waals surface area contributed by atoms with Gasteiger partial charge in [-0.25, -0.2) is 4.90 Å². The third kappa shape index (κ3) is 4.10. The standard InChI is InChI=1S/C20H20ClN3O3S/c1-22-20(28)23(12-13-3-9-16(27-2)10-4-13)17-11-18(25)24(19(17)26)15-7-5-14(21)6-8-15/h3-10,17H,11-12H2,1-2H3,(H,22,28)/t17-/m0/s1. The Kier molecular flexibility index (Phi) is 6.16. The first-order valence-electron chi connectivity index (χ1n) is 8.68. The fourth-order valence-corrected chi connectivity index (χ4v) is 3.43. The van der Waals surface area contributed by atoms with Crippen LogP contribution in [0.2, 0.25) is 5.02 Å². The lowest BCUT2D eigenvalue weighted by Crippen LogP contribution is -2.48. The van der Waals surface area contributed by atoms with Crippen LogP contribution in [0.1, 0.15) is 12.0 Å². The topological polar surface area (TPSA) is 61.9 Å². The molecule has 1 atom stereocenters. The van der Waals surface area contributed by atoms with Crippen molar-refractivity contribution in [1.82, 2.24) is 10.2 Å². The number of amides is 2. The van der Waals surface area contributed by atoms with E-state index in [1.165, 1.54) is 4.90 Å². The average Bonchev–Trinajstić information content (AvgIpc) is 3.00. The molecule has 28 heavy (non-hydrogen) atoms. The summed E-state index contributed by atoms with van der Waals surface area (Å²) in [5.41, 5.74) is 1.45. The molecule has 1 saturated heterocycles. The molecule has 0 aliphatic carbocycles. The predicted octanol–water partition coefficient (Wildman–Crippen LogP) is 2.99. The van der Waals surface area contributed by atoms with E-state index >= 15 is 0 Å². The Hall–Kier alpha value is -2.64. The van der Waals surface area contributed by atoms with Crippen LogP contribution in [0.25, 0.3) is 0 Å². The molecule has 8 heteroatoms. The lowest BCUT2D eigenvalue weighted by molar-refractivity contribution is -0.122. The lowest BCUT2D eigenvalue weighted by Gasteiger charge is -2.29. The third-order valence-corrected chi connectivity index (χ3v) is 5.26. The fourth-order valence-electron chi connectivity index (χ4n) is 3.12. The van der Waals surface area contributed by atoms with Gasteiger partial charge in [0.25, 0.3) is 5.91 Å². The summed E-state index contributed by atoms with van der Waals surface area (Å²) in [5, 5.41) is 3.86. The summed E-state index contributed by atoms with van der Waals surface area (Å²) in [6, 6.07) is 13.4. The maximum Gasteiger partial charge on any atom is 0.257 e. The lowest BCUT2D eigenvalue weighted by atomic mass is 10.1. The zero-order valence-corrected chi connectivity index (χ0v) is 17.1. The first kappa shape index (κ1) is 20.1. The van der Waals surface area contributed by atoms with E-state index in [2.05, 4.69) is 5.32 Å². The van der Waals surface area contributed by atoms with E-state index in [-0.39, 0.29) is 18.2 Å². The van der Waals surface area contributed by atoms with Gasteiger partial charge in [-0.1, -0.05) is 23.7 Å². The van der Waals surface area contributed by atoms with Gasteiger partial charge in [0, 0.05) is 18.6 Å². The van der Waals surface area contributed by atoms with Crippen LogP contribution < -0.4 is 15.0 Å². The molecule has 0 spiro atoms. The van der Waals surface area contributed by atoms with E-state index in [0.29, 0.717) is 22.4 Å². The summed E-state index contributed by atoms with van der Waals surface area (Å²) in [6.45, 7) is 0.391. The van der Waals surface area contributed by atoms with Gasteiger partial charge in [0.15, 0.2) is 5.11 Å². The van der Waals surface area contributed by atoms with Crippen LogP contribution in [0.4, 0.5) is 5.69 Å². The highest BCUT2D eigenvalue weighted by atomic mass is 35.5. The Morgan fingerprint density at radius 3 is 2.43 bits per heavy atom. The number of anilines is 1. The molecule has 2 aromatic rings. The van der Waals surface area contributed by atoms with Crippen molar-refractivity contribution in [1.29, 1.82) is 0 Å². The zero-order valence-electron chi connectivity index (χ0n) is 15.5. The van der Waals surface area contributed by atoms with Gasteiger partial charge in [-0.05, 0) is 54.2 Å². The molecular formula is C20H20ClN3O3S. The number of thiocarbonyl (C=S) groups is 1. The molecule has 0 unspecified atom stereocenters. The van der Waals surface area contributed by atoms with Crippen LogP contribution in [0.5, 0.6) is 5.75 Å². The van der Waals surface area contributed by atoms with Gasteiger partial charge < -0.3 is 15.0 Å². The summed E-state index contributed by atoms with van der Waals surface area (Å²) in [7, 11) is 3.30. The second-order valence-electron chi connectivity index (χ2n) is 6.29. The minimum absolute atomic E-state index is 0.0550. The van der Waals surface area contributed by atoms with Crippen molar-refractivity contribution in [3.8, 4) is 5.75 Å². The number of hydrogen-bond donors (Lipinski definition) is 1. The van der Waals surface area contributed by atoms with Crippen LogP contribution >= 0.6 is 23.8 Å². The zero-order chi connectivity index (χ0) is 20.3. The second-order valence-corrected chi connectivity index (χ2v) is 7.12. The number of methoxy groups -OCH3 is 1. The SMILES string of the molecule is CNC(=S)N(Cc1ccc(OC)cc1)[C@H]1CC(=O)N(c2ccc(Cl)cc2)C1=O. The molecule has 0 aromatic heterocycles. The molecule has 6 nitrogen and oxygen atoms in total. The molecule has 0 saturated carbocycles. The highest BCUT2D eigenvalue weighted by Crippen LogP contribution is 2.28. The largest absolute Gasteiger partial charge is 0.497 e. The molecule has 1 heterocycles. The molecule has 1 N–H and O–H groups in total. The number of carbonyl (C=O) groups excluding carboxylic acids is 2. The second kappa shape index (κ2) is 8.58. The number of nitrogens with one attached hydrogen (secondary N) is 1. The predicted molar refractivity (Wildman–Crippen MR) is 113 cm³/mol. The van der Waals surface area contributed by atoms with Gasteiger partial charge in [-0.3, -0.25) is 9.59 Å². The minimum atomic E-state index is -0.676. The van der Waals surface area contributed by atoms with Crippen LogP contribution in [-0.4, -0.2) is 42.0 Å². The van der Waals surface area contributed by atoms with Crippen LogP contribution in [-0.2, 0) is 16.1 Å². The highest BCUT2D eigenvalue weighted by Gasteiger charge is 2.43. The number of imide groups is 1. The van der Waals surface area contributed by atoms with Crippen LogP contribution in [0.3, 0.4) is 0 Å². The Morgan fingerprint density at radius 1 is 1.21 bits per heavy atom. The summed E-state index contributed by atoms with van der Waals surface area (Å²) >= 11 is 11.3. The Labute approximate surface area is 174 Å². The summed E-state index contributed by atoms with van der Waals surface area (Å²) in [4.78, 5) is 28.6. The molecule has 1 aliphatic heterocycles. The van der Waals surface area contributed by atoms with Crippen molar-refractivity contribution in [3.63, 3.8) is 0 Å². The van der Waals surface area contributed by atoms with Crippen LogP contribution in [0, 0.1) is 0 Å². The van der Waals surface area contributed by atoms with Gasteiger partial charge in [-0.2, -0.15) is 0 Å². The molecule has 2 amide bonds. The van der Waals surface area contributed by atoms with E-state index < -0.39 is 6.04 Å². The van der Waals surface area contributed by atoms with Gasteiger partial charge >= 0.3 is 0 Å². The minimum Gasteiger partial charge on any atom is -0.497 e. The Bertz CT molecular complexity index is 887. The number of ether oxygens (including phenoxy) is 1. The summed E-state index contributed by atoms with van der Waals surface area (Å²) < 4.78 is 5.18. The quantitative estimate of drug-likeness (QED) is 0.596. The van der Waals surface area contributed by atoms with Gasteiger partial charge in [0.2, 0.25) is 5.91 Å². The number of halogens is 1. The molecule has 1 aliphatic rings. The number of nitrogens with zero attached hydrogens (tertiary/aromatic N) is 2. The number of rotatable bonds is 5. The Balaban J connectivity index is 1.85. The molecule has 1 fully saturated rings. The normalized spacial score (nSPS) is 16.2. The maximum absolute atomic E-state index is 13.1. The number of carbonyl (C=O) groups is 2. The van der Waals surface area contributed by atoms with E-state index in [1.807, 2.05) is 24.3 Å². The fraction of sp³-hybridized carbons (Fsp3) is 0.250. The van der Waals surface area contributed by atoms with E-state index in [1.54, 1.807) is 43.3 Å². The van der Waals surface area contributed by atoms with Gasteiger partial charge in [0.1, 0.15) is 11.8 Å². The molecule has 3 rings (SSSR count). The monoisotopic (exact) mass is 417 g/mol. The van der Waals surface area contributed by atoms with Crippen molar-refractivity contribution < 1.29 is 14.3 Å². The number of hydrogen-bond acceptors (Lipinski definition) is 4. The molecular weight excluding hydrogens is 398 g/mol. The molecule has 0 radical (unpaired) electrons. The number of benzene rings is 2. The van der Waals surface area contributed by atoms with Crippen molar-refractivity contribution in [2.24, 2.45) is 0 Å². The smallest absolute Gasteiger partial charge is 0.257 e. The van der Waals surface area contributed by atoms with E-state index in [0.717, 1.165) is 11.3 Å². The highest BCUT2D eigenvalue weighted by molar-refractivity contribution is 7.80. The first-order valence-corrected chi connectivity index (χ1v) is 9.47. The summed E-state index contributed by atoms with van der Waals surface area (Å²) in [5.74, 6) is 0.168. The summed E-state index contributed by atoms with van der Waals surface area (Å²) in [6.07, 6.45) is 0.0550. The van der Waals surface area contributed by atoms with Gasteiger partial charge in [0.05, 0.1) is 19.2 Å². The van der Waals surface area contributed by atoms with Gasteiger partial charge in [-0.15, -0.1) is 0 Å². The van der Waals surface area contributed by atoms with Crippen molar-refractivity contribution in [3.05, 3.63) is 59.1 Å². The van der Waals surface area contributed by atoms with Crippen molar-refractivity contribution in [2.45, 2.75) is 19.0 Å². The van der Waals surface area contributed by atoms with Crippen molar-refractivity contribution >= 4 is 46.4 Å². The Morgan fingerprint density at radius 2 is 1.86 bits per heavy atom. The van der Waals surface area contributed by atoms with Crippen molar-refractivity contribution in [2.75, 3.05) is 19.1 Å². The molecule has 0 bridgehead atoms. The van der Waals surface area contributed by atoms with E-state index in [9.17, 15) is 9.59 Å². The average molecular weight is 418 g/mol.